The van der Waals surface area contributed by atoms with Gasteiger partial charge in [-0.3, -0.25) is 9.58 Å². The van der Waals surface area contributed by atoms with Gasteiger partial charge in [0.2, 0.25) is 0 Å². The third-order valence-electron chi connectivity index (χ3n) is 4.18. The second-order valence-corrected chi connectivity index (χ2v) is 5.81. The van der Waals surface area contributed by atoms with E-state index < -0.39 is 0 Å². The Morgan fingerprint density at radius 1 is 1.43 bits per heavy atom. The van der Waals surface area contributed by atoms with Crippen LogP contribution in [0.2, 0.25) is 0 Å². The van der Waals surface area contributed by atoms with Crippen molar-refractivity contribution in [3.05, 3.63) is 12.0 Å². The summed E-state index contributed by atoms with van der Waals surface area (Å²) in [5, 5.41) is 18.1. The minimum absolute atomic E-state index is 0.186. The van der Waals surface area contributed by atoms with Crippen molar-refractivity contribution < 1.29 is 5.11 Å². The average Bonchev–Trinajstić information content (AvgIpc) is 2.84. The summed E-state index contributed by atoms with van der Waals surface area (Å²) >= 11 is 0. The zero-order valence-corrected chi connectivity index (χ0v) is 12.7. The van der Waals surface area contributed by atoms with Gasteiger partial charge in [-0.05, 0) is 12.3 Å². The van der Waals surface area contributed by atoms with E-state index in [1.54, 1.807) is 10.9 Å². The Balaban J connectivity index is 1.85. The van der Waals surface area contributed by atoms with Gasteiger partial charge in [0.1, 0.15) is 11.6 Å². The maximum atomic E-state index is 9.81. The van der Waals surface area contributed by atoms with E-state index in [2.05, 4.69) is 32.2 Å². The normalized spacial score (nSPS) is 23.6. The van der Waals surface area contributed by atoms with Gasteiger partial charge in [-0.2, -0.15) is 5.10 Å². The van der Waals surface area contributed by atoms with Gasteiger partial charge in [-0.1, -0.05) is 6.92 Å². The Morgan fingerprint density at radius 2 is 2.24 bits per heavy atom. The summed E-state index contributed by atoms with van der Waals surface area (Å²) in [6.45, 7) is 4.55. The number of likely N-dealkylation sites (tertiary alicyclic amines) is 1. The summed E-state index contributed by atoms with van der Waals surface area (Å²) in [5.41, 5.74) is 0.842. The molecule has 1 aliphatic rings. The smallest absolute Gasteiger partial charge is 0.163 e. The first kappa shape index (κ1) is 14.2. The molecule has 1 fully saturated rings. The van der Waals surface area contributed by atoms with Crippen molar-refractivity contribution in [2.45, 2.75) is 26.0 Å². The van der Waals surface area contributed by atoms with E-state index >= 15 is 0 Å². The number of rotatable bonds is 3. The van der Waals surface area contributed by atoms with Gasteiger partial charge in [0.15, 0.2) is 5.65 Å². The molecule has 3 heterocycles. The zero-order valence-electron chi connectivity index (χ0n) is 12.7. The minimum atomic E-state index is -0.186. The highest BCUT2D eigenvalue weighted by atomic mass is 16.3. The first-order chi connectivity index (χ1) is 10.1. The molecule has 0 bridgehead atoms. The van der Waals surface area contributed by atoms with Gasteiger partial charge < -0.3 is 10.4 Å². The largest absolute Gasteiger partial charge is 0.393 e. The van der Waals surface area contributed by atoms with Crippen molar-refractivity contribution in [1.82, 2.24) is 24.6 Å². The van der Waals surface area contributed by atoms with E-state index in [9.17, 15) is 5.11 Å². The molecule has 1 saturated heterocycles. The molecule has 114 valence electrons. The van der Waals surface area contributed by atoms with Crippen molar-refractivity contribution in [2.24, 2.45) is 13.0 Å². The van der Waals surface area contributed by atoms with Crippen LogP contribution in [0.15, 0.2) is 6.20 Å². The molecule has 21 heavy (non-hydrogen) atoms. The molecular weight excluding hydrogens is 268 g/mol. The Morgan fingerprint density at radius 3 is 2.95 bits per heavy atom. The lowest BCUT2D eigenvalue weighted by Gasteiger charge is -2.33. The molecular formula is C14H22N6O. The molecule has 2 unspecified atom stereocenters. The quantitative estimate of drug-likeness (QED) is 0.862. The van der Waals surface area contributed by atoms with E-state index in [-0.39, 0.29) is 6.10 Å². The molecule has 2 aromatic heterocycles. The maximum absolute atomic E-state index is 9.81. The lowest BCUT2D eigenvalue weighted by Crippen LogP contribution is -2.41. The lowest BCUT2D eigenvalue weighted by atomic mass is 9.97. The Labute approximate surface area is 124 Å². The predicted octanol–water partition coefficient (Wildman–Crippen LogP) is 0.608. The SMILES string of the molecule is CNc1nc(CN2CCC(O)C(C)C2)nc2c1cnn2C. The van der Waals surface area contributed by atoms with E-state index in [4.69, 9.17) is 0 Å². The Hall–Kier alpha value is -1.73. The molecule has 1 aliphatic heterocycles. The van der Waals surface area contributed by atoms with Crippen LogP contribution in [-0.2, 0) is 13.6 Å². The fraction of sp³-hybridized carbons (Fsp3) is 0.643. The number of aliphatic hydroxyl groups is 1. The van der Waals surface area contributed by atoms with Gasteiger partial charge in [-0.25, -0.2) is 9.97 Å². The Kier molecular flexibility index (Phi) is 3.77. The van der Waals surface area contributed by atoms with Gasteiger partial charge in [-0.15, -0.1) is 0 Å². The fourth-order valence-corrected chi connectivity index (χ4v) is 2.89. The average molecular weight is 290 g/mol. The number of nitrogens with zero attached hydrogens (tertiary/aromatic N) is 5. The zero-order chi connectivity index (χ0) is 15.0. The summed E-state index contributed by atoms with van der Waals surface area (Å²) in [7, 11) is 3.75. The molecule has 0 spiro atoms. The van der Waals surface area contributed by atoms with E-state index in [1.165, 1.54) is 0 Å². The van der Waals surface area contributed by atoms with E-state index in [1.807, 2.05) is 14.1 Å². The van der Waals surface area contributed by atoms with Gasteiger partial charge in [0.05, 0.1) is 24.2 Å². The van der Waals surface area contributed by atoms with Crippen LogP contribution in [0.4, 0.5) is 5.82 Å². The highest BCUT2D eigenvalue weighted by Gasteiger charge is 2.25. The van der Waals surface area contributed by atoms with Crippen molar-refractivity contribution in [3.8, 4) is 0 Å². The third kappa shape index (κ3) is 2.71. The van der Waals surface area contributed by atoms with Crippen LogP contribution in [0, 0.1) is 5.92 Å². The summed E-state index contributed by atoms with van der Waals surface area (Å²) in [6.07, 6.45) is 2.41. The molecule has 0 aliphatic carbocycles. The molecule has 0 amide bonds. The molecule has 7 nitrogen and oxygen atoms in total. The van der Waals surface area contributed by atoms with Crippen LogP contribution in [0.25, 0.3) is 11.0 Å². The van der Waals surface area contributed by atoms with Crippen molar-refractivity contribution in [3.63, 3.8) is 0 Å². The van der Waals surface area contributed by atoms with Crippen LogP contribution in [0.1, 0.15) is 19.2 Å². The highest BCUT2D eigenvalue weighted by Crippen LogP contribution is 2.21. The number of aryl methyl sites for hydroxylation is 1. The van der Waals surface area contributed by atoms with Crippen LogP contribution >= 0.6 is 0 Å². The molecule has 3 rings (SSSR count). The molecule has 0 radical (unpaired) electrons. The van der Waals surface area contributed by atoms with Gasteiger partial charge in [0.25, 0.3) is 0 Å². The monoisotopic (exact) mass is 290 g/mol. The van der Waals surface area contributed by atoms with Crippen LogP contribution < -0.4 is 5.32 Å². The van der Waals surface area contributed by atoms with Gasteiger partial charge >= 0.3 is 0 Å². The summed E-state index contributed by atoms with van der Waals surface area (Å²) in [5.74, 6) is 1.90. The number of hydrogen-bond donors (Lipinski definition) is 2. The minimum Gasteiger partial charge on any atom is -0.393 e. The Bertz CT molecular complexity index is 640. The number of anilines is 1. The second-order valence-electron chi connectivity index (χ2n) is 5.81. The summed E-state index contributed by atoms with van der Waals surface area (Å²) < 4.78 is 1.77. The lowest BCUT2D eigenvalue weighted by molar-refractivity contribution is 0.0311. The number of hydrogen-bond acceptors (Lipinski definition) is 6. The van der Waals surface area contributed by atoms with Crippen molar-refractivity contribution >= 4 is 16.9 Å². The first-order valence-electron chi connectivity index (χ1n) is 7.35. The number of fused-ring (bicyclic) bond motifs is 1. The number of aliphatic hydroxyl groups excluding tert-OH is 1. The number of piperidine rings is 1. The van der Waals surface area contributed by atoms with E-state index in [0.29, 0.717) is 12.5 Å². The molecule has 2 aromatic rings. The van der Waals surface area contributed by atoms with E-state index in [0.717, 1.165) is 42.2 Å². The molecule has 2 N–H and O–H groups in total. The molecule has 0 aromatic carbocycles. The maximum Gasteiger partial charge on any atom is 0.163 e. The number of aromatic nitrogens is 4. The summed E-state index contributed by atoms with van der Waals surface area (Å²) in [6, 6.07) is 0. The van der Waals surface area contributed by atoms with Crippen molar-refractivity contribution in [2.75, 3.05) is 25.5 Å². The third-order valence-corrected chi connectivity index (χ3v) is 4.18. The van der Waals surface area contributed by atoms with Crippen LogP contribution in [-0.4, -0.2) is 56.0 Å². The second kappa shape index (κ2) is 5.57. The standard InChI is InChI=1S/C14H22N6O/c1-9-7-20(5-4-11(9)21)8-12-17-13(15-2)10-6-16-19(3)14(10)18-12/h6,9,11,21H,4-5,7-8H2,1-3H3,(H,15,17,18). The first-order valence-corrected chi connectivity index (χ1v) is 7.35. The predicted molar refractivity (Wildman–Crippen MR) is 80.9 cm³/mol. The molecule has 0 saturated carbocycles. The number of nitrogens with one attached hydrogen (secondary N) is 1. The fourth-order valence-electron chi connectivity index (χ4n) is 2.89. The van der Waals surface area contributed by atoms with Crippen LogP contribution in [0.5, 0.6) is 0 Å². The van der Waals surface area contributed by atoms with Gasteiger partial charge in [0, 0.05) is 27.2 Å². The summed E-state index contributed by atoms with van der Waals surface area (Å²) in [4.78, 5) is 11.5. The molecule has 2 atom stereocenters. The van der Waals surface area contributed by atoms with Crippen LogP contribution in [0.3, 0.4) is 0 Å². The topological polar surface area (TPSA) is 79.1 Å². The molecule has 7 heteroatoms. The van der Waals surface area contributed by atoms with Crippen molar-refractivity contribution in [1.29, 1.82) is 0 Å². The highest BCUT2D eigenvalue weighted by molar-refractivity contribution is 5.86.